The van der Waals surface area contributed by atoms with Crippen LogP contribution in [0.2, 0.25) is 0 Å². The van der Waals surface area contributed by atoms with Gasteiger partial charge in [-0.05, 0) is 0 Å². The van der Waals surface area contributed by atoms with Gasteiger partial charge in [0.2, 0.25) is 0 Å². The highest BCUT2D eigenvalue weighted by Crippen LogP contribution is 2.25. The molecule has 3 N–H and O–H groups in total. The van der Waals surface area contributed by atoms with Gasteiger partial charge in [0.1, 0.15) is 6.10 Å². The van der Waals surface area contributed by atoms with Crippen molar-refractivity contribution in [1.29, 1.82) is 0 Å². The Labute approximate surface area is 64.2 Å². The summed E-state index contributed by atoms with van der Waals surface area (Å²) in [5.41, 5.74) is 0. The molecule has 0 aromatic heterocycles. The molecule has 0 spiro atoms. The molecule has 1 aliphatic heterocycles. The van der Waals surface area contributed by atoms with Crippen LogP contribution in [-0.2, 0) is 9.47 Å². The molecular formula is C6H12O5. The molecule has 0 saturated carbocycles. The van der Waals surface area contributed by atoms with Crippen molar-refractivity contribution >= 4 is 0 Å². The van der Waals surface area contributed by atoms with E-state index in [4.69, 9.17) is 14.9 Å². The standard InChI is InChI=1S/C6H12O5/c1-10-6-4(8)3(2-7)5(9)11-6/h3-9H,2H2,1H3. The number of aliphatic hydroxyl groups is 3. The first-order chi connectivity index (χ1) is 5.20. The second-order valence-corrected chi connectivity index (χ2v) is 2.47. The monoisotopic (exact) mass is 164 g/mol. The van der Waals surface area contributed by atoms with E-state index in [1.54, 1.807) is 0 Å². The van der Waals surface area contributed by atoms with Crippen LogP contribution in [0.3, 0.4) is 0 Å². The lowest BCUT2D eigenvalue weighted by Gasteiger charge is -2.13. The van der Waals surface area contributed by atoms with E-state index in [2.05, 4.69) is 4.74 Å². The second kappa shape index (κ2) is 3.46. The molecule has 4 atom stereocenters. The van der Waals surface area contributed by atoms with Gasteiger partial charge >= 0.3 is 0 Å². The molecular weight excluding hydrogens is 152 g/mol. The highest BCUT2D eigenvalue weighted by molar-refractivity contribution is 4.80. The van der Waals surface area contributed by atoms with E-state index in [-0.39, 0.29) is 6.61 Å². The lowest BCUT2D eigenvalue weighted by Crippen LogP contribution is -2.30. The van der Waals surface area contributed by atoms with Gasteiger partial charge in [0, 0.05) is 7.11 Å². The molecule has 0 aliphatic carbocycles. The van der Waals surface area contributed by atoms with Crippen molar-refractivity contribution in [2.75, 3.05) is 13.7 Å². The van der Waals surface area contributed by atoms with Crippen molar-refractivity contribution in [2.45, 2.75) is 18.7 Å². The maximum atomic E-state index is 9.25. The summed E-state index contributed by atoms with van der Waals surface area (Å²) in [6.07, 6.45) is -2.93. The molecule has 0 radical (unpaired) electrons. The summed E-state index contributed by atoms with van der Waals surface area (Å²) in [4.78, 5) is 0. The van der Waals surface area contributed by atoms with E-state index < -0.39 is 24.6 Å². The molecule has 5 nitrogen and oxygen atoms in total. The smallest absolute Gasteiger partial charge is 0.186 e. The summed E-state index contributed by atoms with van der Waals surface area (Å²) in [6.45, 7) is -0.317. The van der Waals surface area contributed by atoms with Crippen molar-refractivity contribution in [2.24, 2.45) is 5.92 Å². The van der Waals surface area contributed by atoms with Crippen LogP contribution in [0.1, 0.15) is 0 Å². The lowest BCUT2D eigenvalue weighted by atomic mass is 10.1. The van der Waals surface area contributed by atoms with Crippen LogP contribution in [0.25, 0.3) is 0 Å². The Morgan fingerprint density at radius 3 is 2.36 bits per heavy atom. The van der Waals surface area contributed by atoms with Gasteiger partial charge in [-0.3, -0.25) is 0 Å². The van der Waals surface area contributed by atoms with Crippen molar-refractivity contribution in [3.05, 3.63) is 0 Å². The van der Waals surface area contributed by atoms with Gasteiger partial charge in [0.15, 0.2) is 12.6 Å². The molecule has 0 amide bonds. The quantitative estimate of drug-likeness (QED) is 0.452. The van der Waals surface area contributed by atoms with Crippen LogP contribution in [0.15, 0.2) is 0 Å². The molecule has 11 heavy (non-hydrogen) atoms. The predicted molar refractivity (Wildman–Crippen MR) is 34.5 cm³/mol. The first-order valence-electron chi connectivity index (χ1n) is 3.36. The maximum Gasteiger partial charge on any atom is 0.186 e. The minimum absolute atomic E-state index is 0.317. The summed E-state index contributed by atoms with van der Waals surface area (Å²) >= 11 is 0. The molecule has 1 heterocycles. The Balaban J connectivity index is 2.55. The average Bonchev–Trinajstić information content (AvgIpc) is 2.26. The normalized spacial score (nSPS) is 44.7. The third-order valence-electron chi connectivity index (χ3n) is 1.80. The molecule has 5 heteroatoms. The van der Waals surface area contributed by atoms with E-state index in [1.165, 1.54) is 7.11 Å². The highest BCUT2D eigenvalue weighted by atomic mass is 16.7. The Kier molecular flexibility index (Phi) is 2.80. The fraction of sp³-hybridized carbons (Fsp3) is 1.00. The van der Waals surface area contributed by atoms with Crippen LogP contribution in [-0.4, -0.2) is 47.7 Å². The zero-order valence-electron chi connectivity index (χ0n) is 6.17. The summed E-state index contributed by atoms with van der Waals surface area (Å²) in [5, 5.41) is 27.0. The Morgan fingerprint density at radius 1 is 1.45 bits per heavy atom. The number of hydrogen-bond donors (Lipinski definition) is 3. The number of rotatable bonds is 2. The topological polar surface area (TPSA) is 79.2 Å². The Bertz CT molecular complexity index is 128. The van der Waals surface area contributed by atoms with E-state index in [9.17, 15) is 5.11 Å². The highest BCUT2D eigenvalue weighted by Gasteiger charge is 2.42. The van der Waals surface area contributed by atoms with Crippen LogP contribution < -0.4 is 0 Å². The summed E-state index contributed by atoms with van der Waals surface area (Å²) in [6, 6.07) is 0. The Hall–Kier alpha value is -0.200. The molecule has 0 aromatic carbocycles. The van der Waals surface area contributed by atoms with Crippen LogP contribution in [0, 0.1) is 5.92 Å². The average molecular weight is 164 g/mol. The fourth-order valence-corrected chi connectivity index (χ4v) is 1.08. The van der Waals surface area contributed by atoms with E-state index in [0.717, 1.165) is 0 Å². The maximum absolute atomic E-state index is 9.25. The molecule has 66 valence electrons. The van der Waals surface area contributed by atoms with Gasteiger partial charge in [-0.1, -0.05) is 0 Å². The fourth-order valence-electron chi connectivity index (χ4n) is 1.08. The molecule has 1 saturated heterocycles. The number of hydrogen-bond acceptors (Lipinski definition) is 5. The minimum atomic E-state index is -1.14. The summed E-state index contributed by atoms with van der Waals surface area (Å²) in [5.74, 6) is -0.667. The second-order valence-electron chi connectivity index (χ2n) is 2.47. The van der Waals surface area contributed by atoms with Crippen molar-refractivity contribution < 1.29 is 24.8 Å². The number of methoxy groups -OCH3 is 1. The third-order valence-corrected chi connectivity index (χ3v) is 1.80. The first kappa shape index (κ1) is 8.89. The van der Waals surface area contributed by atoms with Gasteiger partial charge in [0.05, 0.1) is 12.5 Å². The zero-order valence-corrected chi connectivity index (χ0v) is 6.17. The van der Waals surface area contributed by atoms with Gasteiger partial charge in [0.25, 0.3) is 0 Å². The SMILES string of the molecule is COC1OC(O)C(CO)C1O. The summed E-state index contributed by atoms with van der Waals surface area (Å²) in [7, 11) is 1.36. The molecule has 1 rings (SSSR count). The summed E-state index contributed by atoms with van der Waals surface area (Å²) < 4.78 is 9.43. The predicted octanol–water partition coefficient (Wildman–Crippen LogP) is -1.72. The Morgan fingerprint density at radius 2 is 2.09 bits per heavy atom. The van der Waals surface area contributed by atoms with E-state index >= 15 is 0 Å². The number of ether oxygens (including phenoxy) is 2. The largest absolute Gasteiger partial charge is 0.396 e. The molecule has 4 unspecified atom stereocenters. The molecule has 1 fully saturated rings. The van der Waals surface area contributed by atoms with Crippen molar-refractivity contribution in [3.8, 4) is 0 Å². The van der Waals surface area contributed by atoms with Gasteiger partial charge < -0.3 is 24.8 Å². The van der Waals surface area contributed by atoms with E-state index in [1.807, 2.05) is 0 Å². The van der Waals surface area contributed by atoms with Gasteiger partial charge in [-0.2, -0.15) is 0 Å². The molecule has 1 aliphatic rings. The van der Waals surface area contributed by atoms with Crippen molar-refractivity contribution in [3.63, 3.8) is 0 Å². The molecule has 0 aromatic rings. The van der Waals surface area contributed by atoms with E-state index in [0.29, 0.717) is 0 Å². The lowest BCUT2D eigenvalue weighted by molar-refractivity contribution is -0.192. The minimum Gasteiger partial charge on any atom is -0.396 e. The third kappa shape index (κ3) is 1.52. The zero-order chi connectivity index (χ0) is 8.43. The molecule has 0 bridgehead atoms. The van der Waals surface area contributed by atoms with Crippen LogP contribution in [0.5, 0.6) is 0 Å². The van der Waals surface area contributed by atoms with Gasteiger partial charge in [-0.25, -0.2) is 0 Å². The van der Waals surface area contributed by atoms with Crippen LogP contribution in [0.4, 0.5) is 0 Å². The van der Waals surface area contributed by atoms with Crippen LogP contribution >= 0.6 is 0 Å². The number of aliphatic hydroxyl groups excluding tert-OH is 3. The van der Waals surface area contributed by atoms with Gasteiger partial charge in [-0.15, -0.1) is 0 Å². The van der Waals surface area contributed by atoms with Crippen molar-refractivity contribution in [1.82, 2.24) is 0 Å². The first-order valence-corrected chi connectivity index (χ1v) is 3.36.